The van der Waals surface area contributed by atoms with Crippen LogP contribution in [-0.4, -0.2) is 19.6 Å². The van der Waals surface area contributed by atoms with Crippen molar-refractivity contribution in [1.29, 1.82) is 0 Å². The molecule has 0 saturated carbocycles. The first kappa shape index (κ1) is 20.3. The Bertz CT molecular complexity index is 693. The van der Waals surface area contributed by atoms with Gasteiger partial charge in [-0.05, 0) is 36.2 Å². The number of aliphatic imine (C=N–C) groups is 1. The molecule has 0 aromatic heterocycles. The molecule has 0 saturated heterocycles. The van der Waals surface area contributed by atoms with Gasteiger partial charge in [-0.25, -0.2) is 13.2 Å². The first-order chi connectivity index (χ1) is 11.1. The molecule has 0 fully saturated rings. The van der Waals surface area contributed by atoms with E-state index in [0.717, 1.165) is 18.2 Å². The molecule has 0 aliphatic rings. The van der Waals surface area contributed by atoms with Crippen molar-refractivity contribution < 1.29 is 13.2 Å². The maximum atomic E-state index is 13.5. The summed E-state index contributed by atoms with van der Waals surface area (Å²) in [5, 5.41) is 5.90. The lowest BCUT2D eigenvalue weighted by Gasteiger charge is -2.12. The van der Waals surface area contributed by atoms with Gasteiger partial charge in [0.2, 0.25) is 0 Å². The third kappa shape index (κ3) is 6.03. The van der Waals surface area contributed by atoms with Gasteiger partial charge >= 0.3 is 0 Å². The van der Waals surface area contributed by atoms with E-state index in [1.54, 1.807) is 25.2 Å². The van der Waals surface area contributed by atoms with Crippen molar-refractivity contribution in [3.8, 4) is 0 Å². The summed E-state index contributed by atoms with van der Waals surface area (Å²) in [4.78, 5) is 3.99. The summed E-state index contributed by atoms with van der Waals surface area (Å²) in [6.07, 6.45) is 0.488. The van der Waals surface area contributed by atoms with Crippen molar-refractivity contribution in [2.45, 2.75) is 13.0 Å². The van der Waals surface area contributed by atoms with Gasteiger partial charge in [-0.1, -0.05) is 18.2 Å². The van der Waals surface area contributed by atoms with Gasteiger partial charge in [-0.2, -0.15) is 0 Å². The minimum Gasteiger partial charge on any atom is -0.356 e. The molecular weight excluding hydrogens is 430 g/mol. The molecule has 0 aliphatic carbocycles. The highest BCUT2D eigenvalue weighted by Gasteiger charge is 2.06. The lowest BCUT2D eigenvalue weighted by molar-refractivity contribution is 0.581. The Morgan fingerprint density at radius 2 is 1.67 bits per heavy atom. The number of guanidine groups is 1. The molecule has 2 rings (SSSR count). The molecule has 2 aromatic carbocycles. The van der Waals surface area contributed by atoms with Crippen molar-refractivity contribution in [2.24, 2.45) is 4.99 Å². The van der Waals surface area contributed by atoms with Gasteiger partial charge in [0, 0.05) is 25.7 Å². The van der Waals surface area contributed by atoms with E-state index in [2.05, 4.69) is 15.6 Å². The number of hydrogen-bond acceptors (Lipinski definition) is 1. The maximum Gasteiger partial charge on any atom is 0.191 e. The van der Waals surface area contributed by atoms with Gasteiger partial charge in [-0.3, -0.25) is 4.99 Å². The normalized spacial score (nSPS) is 10.9. The zero-order valence-electron chi connectivity index (χ0n) is 13.2. The van der Waals surface area contributed by atoms with E-state index < -0.39 is 11.6 Å². The van der Waals surface area contributed by atoms with Crippen LogP contribution in [0, 0.1) is 17.5 Å². The molecule has 0 spiro atoms. The maximum absolute atomic E-state index is 13.5. The summed E-state index contributed by atoms with van der Waals surface area (Å²) < 4.78 is 40.1. The van der Waals surface area contributed by atoms with E-state index in [1.165, 1.54) is 6.07 Å². The van der Waals surface area contributed by atoms with Crippen LogP contribution in [0.15, 0.2) is 47.5 Å². The molecule has 3 nitrogen and oxygen atoms in total. The monoisotopic (exact) mass is 449 g/mol. The molecule has 130 valence electrons. The molecule has 2 aromatic rings. The fourth-order valence-corrected chi connectivity index (χ4v) is 2.10. The summed E-state index contributed by atoms with van der Waals surface area (Å²) in [6.45, 7) is 0.565. The number of nitrogens with one attached hydrogen (secondary N) is 2. The van der Waals surface area contributed by atoms with Crippen LogP contribution in [0.4, 0.5) is 13.2 Å². The highest BCUT2D eigenvalue weighted by molar-refractivity contribution is 14.0. The van der Waals surface area contributed by atoms with Crippen molar-refractivity contribution in [1.82, 2.24) is 10.6 Å². The summed E-state index contributed by atoms with van der Waals surface area (Å²) in [7, 11) is 1.57. The SMILES string of the molecule is CN=C(NCCc1ccccc1F)NCc1cc(F)ccc1F.I. The van der Waals surface area contributed by atoms with Gasteiger partial charge in [0.25, 0.3) is 0 Å². The standard InChI is InChI=1S/C17H18F3N3.HI/c1-21-17(22-9-8-12-4-2-3-5-15(12)19)23-11-13-10-14(18)6-7-16(13)20;/h2-7,10H,8-9,11H2,1H3,(H2,21,22,23);1H. The van der Waals surface area contributed by atoms with Gasteiger partial charge in [0.1, 0.15) is 17.5 Å². The fraction of sp³-hybridized carbons (Fsp3) is 0.235. The molecule has 0 bridgehead atoms. The van der Waals surface area contributed by atoms with Crippen LogP contribution in [-0.2, 0) is 13.0 Å². The van der Waals surface area contributed by atoms with Crippen LogP contribution < -0.4 is 10.6 Å². The summed E-state index contributed by atoms with van der Waals surface area (Å²) in [6, 6.07) is 9.83. The molecule has 0 unspecified atom stereocenters. The third-order valence-electron chi connectivity index (χ3n) is 3.32. The molecule has 24 heavy (non-hydrogen) atoms. The smallest absolute Gasteiger partial charge is 0.191 e. The van der Waals surface area contributed by atoms with E-state index in [-0.39, 0.29) is 41.9 Å². The molecule has 0 atom stereocenters. The van der Waals surface area contributed by atoms with E-state index in [9.17, 15) is 13.2 Å². The Balaban J connectivity index is 0.00000288. The van der Waals surface area contributed by atoms with Crippen LogP contribution in [0.3, 0.4) is 0 Å². The summed E-state index contributed by atoms with van der Waals surface area (Å²) in [5.74, 6) is -0.796. The topological polar surface area (TPSA) is 36.4 Å². The van der Waals surface area contributed by atoms with Crippen molar-refractivity contribution in [3.05, 3.63) is 71.0 Å². The Kier molecular flexibility index (Phi) is 8.59. The molecule has 0 aliphatic heterocycles. The lowest BCUT2D eigenvalue weighted by Crippen LogP contribution is -2.38. The predicted octanol–water partition coefficient (Wildman–Crippen LogP) is 3.63. The van der Waals surface area contributed by atoms with Crippen LogP contribution in [0.1, 0.15) is 11.1 Å². The zero-order valence-corrected chi connectivity index (χ0v) is 15.5. The Morgan fingerprint density at radius 1 is 0.958 bits per heavy atom. The second-order valence-corrected chi connectivity index (χ2v) is 4.93. The lowest BCUT2D eigenvalue weighted by atomic mass is 10.1. The third-order valence-corrected chi connectivity index (χ3v) is 3.32. The second kappa shape index (κ2) is 10.2. The quantitative estimate of drug-likeness (QED) is 0.416. The van der Waals surface area contributed by atoms with Gasteiger partial charge in [0.15, 0.2) is 5.96 Å². The molecule has 7 heteroatoms. The van der Waals surface area contributed by atoms with Crippen molar-refractivity contribution >= 4 is 29.9 Å². The number of hydrogen-bond donors (Lipinski definition) is 2. The first-order valence-corrected chi connectivity index (χ1v) is 7.22. The summed E-state index contributed by atoms with van der Waals surface area (Å²) in [5.41, 5.74) is 0.814. The van der Waals surface area contributed by atoms with E-state index in [4.69, 9.17) is 0 Å². The summed E-state index contributed by atoms with van der Waals surface area (Å²) >= 11 is 0. The van der Waals surface area contributed by atoms with Crippen LogP contribution >= 0.6 is 24.0 Å². The van der Waals surface area contributed by atoms with Gasteiger partial charge < -0.3 is 10.6 Å². The highest BCUT2D eigenvalue weighted by atomic mass is 127. The van der Waals surface area contributed by atoms with Crippen LogP contribution in [0.5, 0.6) is 0 Å². The average molecular weight is 449 g/mol. The Morgan fingerprint density at radius 3 is 2.38 bits per heavy atom. The molecular formula is C17H19F3IN3. The van der Waals surface area contributed by atoms with Crippen molar-refractivity contribution in [2.75, 3.05) is 13.6 Å². The molecule has 0 amide bonds. The van der Waals surface area contributed by atoms with Crippen LogP contribution in [0.25, 0.3) is 0 Å². The second-order valence-electron chi connectivity index (χ2n) is 4.93. The Hall–Kier alpha value is -1.77. The predicted molar refractivity (Wildman–Crippen MR) is 100 cm³/mol. The minimum absolute atomic E-state index is 0. The van der Waals surface area contributed by atoms with Gasteiger partial charge in [-0.15, -0.1) is 24.0 Å². The highest BCUT2D eigenvalue weighted by Crippen LogP contribution is 2.09. The number of nitrogens with zero attached hydrogens (tertiary/aromatic N) is 1. The van der Waals surface area contributed by atoms with Crippen molar-refractivity contribution in [3.63, 3.8) is 0 Å². The minimum atomic E-state index is -0.495. The fourth-order valence-electron chi connectivity index (χ4n) is 2.10. The first-order valence-electron chi connectivity index (χ1n) is 7.22. The number of rotatable bonds is 5. The molecule has 0 radical (unpaired) electrons. The van der Waals surface area contributed by atoms with E-state index >= 15 is 0 Å². The van der Waals surface area contributed by atoms with E-state index in [0.29, 0.717) is 24.5 Å². The molecule has 0 heterocycles. The zero-order chi connectivity index (χ0) is 16.7. The van der Waals surface area contributed by atoms with Gasteiger partial charge in [0.05, 0.1) is 0 Å². The molecule has 2 N–H and O–H groups in total. The average Bonchev–Trinajstić information content (AvgIpc) is 2.55. The largest absolute Gasteiger partial charge is 0.356 e. The Labute approximate surface area is 156 Å². The number of benzene rings is 2. The van der Waals surface area contributed by atoms with Crippen LogP contribution in [0.2, 0.25) is 0 Å². The van der Waals surface area contributed by atoms with E-state index in [1.807, 2.05) is 0 Å². The number of halogens is 4.